The number of hydrogen-bond acceptors (Lipinski definition) is 6. The molecule has 2 aromatic rings. The fraction of sp³-hybridized carbons (Fsp3) is 0.353. The Morgan fingerprint density at radius 1 is 1.28 bits per heavy atom. The molecule has 25 heavy (non-hydrogen) atoms. The molecule has 0 aliphatic heterocycles. The predicted molar refractivity (Wildman–Crippen MR) is 88.9 cm³/mol. The van der Waals surface area contributed by atoms with Crippen molar-refractivity contribution in [1.29, 1.82) is 0 Å². The molecule has 0 unspecified atom stereocenters. The van der Waals surface area contributed by atoms with E-state index in [1.165, 1.54) is 6.26 Å². The fourth-order valence-electron chi connectivity index (χ4n) is 2.35. The molecule has 2 rings (SSSR count). The van der Waals surface area contributed by atoms with E-state index in [1.807, 2.05) is 5.32 Å². The van der Waals surface area contributed by atoms with Gasteiger partial charge >= 0.3 is 12.0 Å². The number of imide groups is 1. The highest BCUT2D eigenvalue weighted by Gasteiger charge is 2.27. The van der Waals surface area contributed by atoms with Crippen molar-refractivity contribution in [3.05, 3.63) is 30.0 Å². The molecule has 0 aliphatic rings. The van der Waals surface area contributed by atoms with Gasteiger partial charge in [-0.05, 0) is 18.1 Å². The molecule has 0 aliphatic carbocycles. The van der Waals surface area contributed by atoms with E-state index in [1.54, 1.807) is 39.2 Å². The highest BCUT2D eigenvalue weighted by Crippen LogP contribution is 2.26. The number of hydrogen-bond donors (Lipinski definition) is 2. The molecular formula is C17H20N2O6. The van der Waals surface area contributed by atoms with Crippen molar-refractivity contribution in [2.45, 2.75) is 26.4 Å². The largest absolute Gasteiger partial charge is 0.497 e. The van der Waals surface area contributed by atoms with Crippen molar-refractivity contribution in [3.8, 4) is 5.75 Å². The number of methoxy groups -OCH3 is 1. The van der Waals surface area contributed by atoms with Gasteiger partial charge in [-0.15, -0.1) is 0 Å². The molecule has 134 valence electrons. The Hall–Kier alpha value is -3.03. The number of rotatable bonds is 6. The number of nitrogens with two attached hydrogens (primary N) is 1. The average Bonchev–Trinajstić information content (AvgIpc) is 2.93. The monoisotopic (exact) mass is 348 g/mol. The molecular weight excluding hydrogens is 328 g/mol. The minimum Gasteiger partial charge on any atom is -0.497 e. The van der Waals surface area contributed by atoms with Crippen molar-refractivity contribution in [3.63, 3.8) is 0 Å². The lowest BCUT2D eigenvalue weighted by Crippen LogP contribution is -2.45. The van der Waals surface area contributed by atoms with Crippen LogP contribution in [0.3, 0.4) is 0 Å². The Kier molecular flexibility index (Phi) is 5.63. The van der Waals surface area contributed by atoms with Crippen LogP contribution in [0.15, 0.2) is 28.9 Å². The number of urea groups is 1. The fourth-order valence-corrected chi connectivity index (χ4v) is 2.35. The number of furan rings is 1. The Morgan fingerprint density at radius 2 is 2.00 bits per heavy atom. The highest BCUT2D eigenvalue weighted by molar-refractivity contribution is 5.97. The summed E-state index contributed by atoms with van der Waals surface area (Å²) in [5.41, 5.74) is 6.13. The summed E-state index contributed by atoms with van der Waals surface area (Å²) in [7, 11) is 1.55. The molecule has 3 amide bonds. The lowest BCUT2D eigenvalue weighted by molar-refractivity contribution is -0.157. The van der Waals surface area contributed by atoms with Gasteiger partial charge in [0.1, 0.15) is 11.3 Å². The van der Waals surface area contributed by atoms with E-state index >= 15 is 0 Å². The SMILES string of the molecule is COc1ccc2c(CC(=O)O[C@H](C(=O)NC(N)=O)C(C)C)coc2c1. The Balaban J connectivity index is 2.10. The molecule has 1 aromatic carbocycles. The second-order valence-electron chi connectivity index (χ2n) is 5.81. The average molecular weight is 348 g/mol. The maximum atomic E-state index is 12.2. The number of ether oxygens (including phenoxy) is 2. The van der Waals surface area contributed by atoms with Crippen LogP contribution in [-0.4, -0.2) is 31.1 Å². The van der Waals surface area contributed by atoms with Crippen molar-refractivity contribution in [2.24, 2.45) is 11.7 Å². The van der Waals surface area contributed by atoms with Crippen LogP contribution >= 0.6 is 0 Å². The zero-order chi connectivity index (χ0) is 18.6. The minimum atomic E-state index is -1.11. The smallest absolute Gasteiger partial charge is 0.318 e. The predicted octanol–water partition coefficient (Wildman–Crippen LogP) is 1.75. The number of carbonyl (C=O) groups is 3. The van der Waals surface area contributed by atoms with Crippen molar-refractivity contribution < 1.29 is 28.3 Å². The molecule has 1 heterocycles. The molecule has 3 N–H and O–H groups in total. The molecule has 0 saturated heterocycles. The van der Waals surface area contributed by atoms with E-state index < -0.39 is 24.0 Å². The van der Waals surface area contributed by atoms with Crippen LogP contribution in [-0.2, 0) is 20.7 Å². The third-order valence-corrected chi connectivity index (χ3v) is 3.57. The lowest BCUT2D eigenvalue weighted by atomic mass is 10.1. The second kappa shape index (κ2) is 7.69. The first kappa shape index (κ1) is 18.3. The van der Waals surface area contributed by atoms with Crippen LogP contribution in [0.25, 0.3) is 11.0 Å². The molecule has 0 spiro atoms. The van der Waals surface area contributed by atoms with Crippen LogP contribution in [0.5, 0.6) is 5.75 Å². The minimum absolute atomic E-state index is 0.0770. The zero-order valence-electron chi connectivity index (χ0n) is 14.2. The summed E-state index contributed by atoms with van der Waals surface area (Å²) in [6.07, 6.45) is 0.268. The summed E-state index contributed by atoms with van der Waals surface area (Å²) in [4.78, 5) is 34.9. The number of nitrogens with one attached hydrogen (secondary N) is 1. The quantitative estimate of drug-likeness (QED) is 0.767. The first-order valence-corrected chi connectivity index (χ1v) is 7.65. The van der Waals surface area contributed by atoms with E-state index in [0.717, 1.165) is 5.39 Å². The number of benzene rings is 1. The van der Waals surface area contributed by atoms with Gasteiger partial charge in [0.2, 0.25) is 0 Å². The molecule has 8 heteroatoms. The summed E-state index contributed by atoms with van der Waals surface area (Å²) in [5.74, 6) is -1.05. The lowest BCUT2D eigenvalue weighted by Gasteiger charge is -2.19. The van der Waals surface area contributed by atoms with E-state index in [-0.39, 0.29) is 12.3 Å². The van der Waals surface area contributed by atoms with E-state index in [0.29, 0.717) is 16.9 Å². The van der Waals surface area contributed by atoms with Crippen molar-refractivity contribution in [2.75, 3.05) is 7.11 Å². The molecule has 0 fully saturated rings. The van der Waals surface area contributed by atoms with Crippen LogP contribution in [0.4, 0.5) is 4.79 Å². The number of primary amides is 1. The Bertz CT molecular complexity index is 796. The van der Waals surface area contributed by atoms with Gasteiger partial charge in [0.05, 0.1) is 19.8 Å². The van der Waals surface area contributed by atoms with Gasteiger partial charge in [-0.25, -0.2) is 4.79 Å². The van der Waals surface area contributed by atoms with Crippen LogP contribution < -0.4 is 15.8 Å². The summed E-state index contributed by atoms with van der Waals surface area (Å²) in [5, 5.41) is 2.67. The van der Waals surface area contributed by atoms with Crippen LogP contribution in [0.2, 0.25) is 0 Å². The third-order valence-electron chi connectivity index (χ3n) is 3.57. The van der Waals surface area contributed by atoms with Crippen LogP contribution in [0.1, 0.15) is 19.4 Å². The standard InChI is InChI=1S/C17H20N2O6/c1-9(2)15(16(21)19-17(18)22)25-14(20)6-10-8-24-13-7-11(23-3)4-5-12(10)13/h4-5,7-9,15H,6H2,1-3H3,(H3,18,19,21,22)/t15-/m0/s1. The van der Waals surface area contributed by atoms with Crippen molar-refractivity contribution >= 4 is 28.9 Å². The van der Waals surface area contributed by atoms with Gasteiger partial charge in [-0.3, -0.25) is 14.9 Å². The zero-order valence-corrected chi connectivity index (χ0v) is 14.2. The second-order valence-corrected chi connectivity index (χ2v) is 5.81. The molecule has 1 atom stereocenters. The maximum Gasteiger partial charge on any atom is 0.318 e. The first-order chi connectivity index (χ1) is 11.8. The summed E-state index contributed by atoms with van der Waals surface area (Å²) in [6.45, 7) is 3.39. The van der Waals surface area contributed by atoms with Crippen molar-refractivity contribution in [1.82, 2.24) is 5.32 Å². The molecule has 1 aromatic heterocycles. The Labute approximate surface area is 144 Å². The van der Waals surface area contributed by atoms with Gasteiger partial charge < -0.3 is 19.6 Å². The normalized spacial score (nSPS) is 12.0. The number of fused-ring (bicyclic) bond motifs is 1. The Morgan fingerprint density at radius 3 is 2.60 bits per heavy atom. The topological polar surface area (TPSA) is 121 Å². The molecule has 8 nitrogen and oxygen atoms in total. The number of esters is 1. The highest BCUT2D eigenvalue weighted by atomic mass is 16.5. The summed E-state index contributed by atoms with van der Waals surface area (Å²) in [6, 6.07) is 4.24. The third kappa shape index (κ3) is 4.50. The number of amides is 3. The van der Waals surface area contributed by atoms with E-state index in [9.17, 15) is 14.4 Å². The van der Waals surface area contributed by atoms with Gasteiger partial charge in [0, 0.05) is 17.0 Å². The molecule has 0 saturated carbocycles. The van der Waals surface area contributed by atoms with Gasteiger partial charge in [-0.1, -0.05) is 13.8 Å². The maximum absolute atomic E-state index is 12.2. The first-order valence-electron chi connectivity index (χ1n) is 7.65. The molecule has 0 bridgehead atoms. The summed E-state index contributed by atoms with van der Waals surface area (Å²) < 4.78 is 15.7. The van der Waals surface area contributed by atoms with Gasteiger partial charge in [0.25, 0.3) is 5.91 Å². The van der Waals surface area contributed by atoms with E-state index in [2.05, 4.69) is 0 Å². The number of carbonyl (C=O) groups excluding carboxylic acids is 3. The van der Waals surface area contributed by atoms with E-state index in [4.69, 9.17) is 19.6 Å². The summed E-state index contributed by atoms with van der Waals surface area (Å²) >= 11 is 0. The van der Waals surface area contributed by atoms with Gasteiger partial charge in [0.15, 0.2) is 6.10 Å². The molecule has 0 radical (unpaired) electrons. The van der Waals surface area contributed by atoms with Gasteiger partial charge in [-0.2, -0.15) is 0 Å². The van der Waals surface area contributed by atoms with Crippen LogP contribution in [0, 0.1) is 5.92 Å².